The molecule has 0 radical (unpaired) electrons. The van der Waals surface area contributed by atoms with Gasteiger partial charge in [-0.1, -0.05) is 22.0 Å². The van der Waals surface area contributed by atoms with Crippen molar-refractivity contribution in [1.29, 1.82) is 0 Å². The Morgan fingerprint density at radius 1 is 1.37 bits per heavy atom. The van der Waals surface area contributed by atoms with E-state index in [1.807, 2.05) is 6.08 Å². The molecule has 6 heteroatoms. The first-order valence-electron chi connectivity index (χ1n) is 5.80. The zero-order chi connectivity index (χ0) is 14.0. The molecule has 1 aromatic carbocycles. The monoisotopic (exact) mass is 335 g/mol. The fourth-order valence-corrected chi connectivity index (χ4v) is 2.52. The molecule has 1 aliphatic rings. The first-order valence-corrected chi connectivity index (χ1v) is 6.59. The number of alkyl halides is 3. The largest absolute Gasteiger partial charge is 0.496 e. The van der Waals surface area contributed by atoms with Crippen LogP contribution in [0.4, 0.5) is 13.2 Å². The molecule has 1 aliphatic heterocycles. The van der Waals surface area contributed by atoms with Crippen LogP contribution in [-0.4, -0.2) is 13.7 Å². The van der Waals surface area contributed by atoms with E-state index < -0.39 is 11.7 Å². The van der Waals surface area contributed by atoms with Crippen molar-refractivity contribution in [3.8, 4) is 0 Å². The van der Waals surface area contributed by atoms with Crippen LogP contribution in [0.3, 0.4) is 0 Å². The van der Waals surface area contributed by atoms with E-state index in [-0.39, 0.29) is 10.5 Å². The van der Waals surface area contributed by atoms with Gasteiger partial charge in [0.05, 0.1) is 18.2 Å². The Hall–Kier alpha value is -1.01. The Labute approximate surface area is 117 Å². The second-order valence-corrected chi connectivity index (χ2v) is 5.06. The Morgan fingerprint density at radius 2 is 2.11 bits per heavy atom. The van der Waals surface area contributed by atoms with E-state index in [1.54, 1.807) is 13.1 Å². The van der Waals surface area contributed by atoms with Gasteiger partial charge in [-0.25, -0.2) is 0 Å². The molecule has 0 bridgehead atoms. The van der Waals surface area contributed by atoms with Crippen LogP contribution in [0, 0.1) is 0 Å². The Bertz CT molecular complexity index is 499. The van der Waals surface area contributed by atoms with E-state index in [2.05, 4.69) is 21.2 Å². The van der Waals surface area contributed by atoms with Gasteiger partial charge in [0.15, 0.2) is 0 Å². The van der Waals surface area contributed by atoms with Crippen LogP contribution in [0.5, 0.6) is 0 Å². The van der Waals surface area contributed by atoms with E-state index in [1.165, 1.54) is 6.07 Å². The first-order chi connectivity index (χ1) is 8.93. The lowest BCUT2D eigenvalue weighted by molar-refractivity contribution is -0.138. The summed E-state index contributed by atoms with van der Waals surface area (Å²) in [6.45, 7) is 0.580. The number of ether oxygens (including phenoxy) is 1. The van der Waals surface area contributed by atoms with Gasteiger partial charge >= 0.3 is 6.18 Å². The number of nitrogens with one attached hydrogen (secondary N) is 1. The molecular weight excluding hydrogens is 323 g/mol. The van der Waals surface area contributed by atoms with Crippen LogP contribution >= 0.6 is 15.9 Å². The second-order valence-electron chi connectivity index (χ2n) is 4.20. The Kier molecular flexibility index (Phi) is 4.20. The average Bonchev–Trinajstić information content (AvgIpc) is 2.84. The van der Waals surface area contributed by atoms with Crippen LogP contribution in [0.1, 0.15) is 23.6 Å². The van der Waals surface area contributed by atoms with Crippen LogP contribution in [0.2, 0.25) is 0 Å². The Balaban J connectivity index is 2.39. The summed E-state index contributed by atoms with van der Waals surface area (Å²) in [5, 5.41) is 2.98. The number of hydrogen-bond donors (Lipinski definition) is 1. The maximum atomic E-state index is 12.9. The summed E-state index contributed by atoms with van der Waals surface area (Å²) in [6, 6.07) is 3.87. The molecule has 2 rings (SSSR count). The molecule has 0 amide bonds. The minimum atomic E-state index is -4.38. The summed E-state index contributed by atoms with van der Waals surface area (Å²) in [6.07, 6.45) is -1.69. The molecule has 1 unspecified atom stereocenters. The highest BCUT2D eigenvalue weighted by Crippen LogP contribution is 2.37. The van der Waals surface area contributed by atoms with Crippen molar-refractivity contribution in [2.45, 2.75) is 18.6 Å². The molecular formula is C13H13BrF3NO. The van der Waals surface area contributed by atoms with Gasteiger partial charge in [-0.05, 0) is 30.8 Å². The molecule has 1 aromatic rings. The highest BCUT2D eigenvalue weighted by molar-refractivity contribution is 9.10. The summed E-state index contributed by atoms with van der Waals surface area (Å²) in [7, 11) is 1.70. The predicted molar refractivity (Wildman–Crippen MR) is 69.6 cm³/mol. The smallest absolute Gasteiger partial charge is 0.417 e. The minimum Gasteiger partial charge on any atom is -0.496 e. The summed E-state index contributed by atoms with van der Waals surface area (Å²) < 4.78 is 44.1. The highest BCUT2D eigenvalue weighted by Gasteiger charge is 2.34. The van der Waals surface area contributed by atoms with Crippen LogP contribution in [0.25, 0.3) is 0 Å². The van der Waals surface area contributed by atoms with E-state index in [0.717, 1.165) is 12.5 Å². The summed E-state index contributed by atoms with van der Waals surface area (Å²) in [5.74, 6) is 0.679. The SMILES string of the molecule is CNC(C1=CCCO1)c1ccc(Br)c(C(F)(F)F)c1. The van der Waals surface area contributed by atoms with Crippen molar-refractivity contribution < 1.29 is 17.9 Å². The second kappa shape index (κ2) is 5.54. The van der Waals surface area contributed by atoms with Crippen LogP contribution < -0.4 is 5.32 Å². The zero-order valence-electron chi connectivity index (χ0n) is 10.2. The first kappa shape index (κ1) is 14.4. The van der Waals surface area contributed by atoms with Crippen LogP contribution in [0.15, 0.2) is 34.5 Å². The third kappa shape index (κ3) is 3.12. The zero-order valence-corrected chi connectivity index (χ0v) is 11.8. The normalized spacial score (nSPS) is 17.0. The number of halogens is 4. The molecule has 0 aromatic heterocycles. The maximum Gasteiger partial charge on any atom is 0.417 e. The number of likely N-dealkylation sites (N-methyl/N-ethyl adjacent to an activating group) is 1. The molecule has 1 atom stereocenters. The lowest BCUT2D eigenvalue weighted by Crippen LogP contribution is -2.20. The molecule has 0 fully saturated rings. The molecule has 0 aliphatic carbocycles. The fraction of sp³-hybridized carbons (Fsp3) is 0.385. The quantitative estimate of drug-likeness (QED) is 0.900. The van der Waals surface area contributed by atoms with Crippen molar-refractivity contribution in [2.75, 3.05) is 13.7 Å². The lowest BCUT2D eigenvalue weighted by Gasteiger charge is -2.20. The standard InChI is InChI=1S/C13H13BrF3NO/c1-18-12(11-3-2-6-19-11)8-4-5-10(14)9(7-8)13(15,16)17/h3-5,7,12,18H,2,6H2,1H3. The van der Waals surface area contributed by atoms with Gasteiger partial charge < -0.3 is 10.1 Å². The van der Waals surface area contributed by atoms with E-state index in [9.17, 15) is 13.2 Å². The molecule has 0 saturated heterocycles. The van der Waals surface area contributed by atoms with E-state index in [4.69, 9.17) is 4.74 Å². The van der Waals surface area contributed by atoms with Gasteiger partial charge in [-0.2, -0.15) is 13.2 Å². The minimum absolute atomic E-state index is 0.0416. The fourth-order valence-electron chi connectivity index (χ4n) is 2.05. The molecule has 1 heterocycles. The van der Waals surface area contributed by atoms with Gasteiger partial charge in [0.25, 0.3) is 0 Å². The molecule has 1 N–H and O–H groups in total. The Morgan fingerprint density at radius 3 is 2.63 bits per heavy atom. The number of rotatable bonds is 3. The molecule has 2 nitrogen and oxygen atoms in total. The maximum absolute atomic E-state index is 12.9. The molecule has 19 heavy (non-hydrogen) atoms. The van der Waals surface area contributed by atoms with Crippen LogP contribution in [-0.2, 0) is 10.9 Å². The predicted octanol–water partition coefficient (Wildman–Crippen LogP) is 4.03. The van der Waals surface area contributed by atoms with Gasteiger partial charge in [0.1, 0.15) is 5.76 Å². The van der Waals surface area contributed by atoms with Gasteiger partial charge in [-0.15, -0.1) is 0 Å². The van der Waals surface area contributed by atoms with E-state index in [0.29, 0.717) is 17.9 Å². The van der Waals surface area contributed by atoms with Crippen molar-refractivity contribution in [3.05, 3.63) is 45.6 Å². The number of benzene rings is 1. The molecule has 0 saturated carbocycles. The molecule has 0 spiro atoms. The lowest BCUT2D eigenvalue weighted by atomic mass is 10.0. The third-order valence-corrected chi connectivity index (χ3v) is 3.63. The van der Waals surface area contributed by atoms with E-state index >= 15 is 0 Å². The average molecular weight is 336 g/mol. The van der Waals surface area contributed by atoms with Gasteiger partial charge in [-0.3, -0.25) is 0 Å². The number of hydrogen-bond acceptors (Lipinski definition) is 2. The van der Waals surface area contributed by atoms with Gasteiger partial charge in [0.2, 0.25) is 0 Å². The summed E-state index contributed by atoms with van der Waals surface area (Å²) >= 11 is 2.93. The summed E-state index contributed by atoms with van der Waals surface area (Å²) in [4.78, 5) is 0. The van der Waals surface area contributed by atoms with Crippen molar-refractivity contribution in [3.63, 3.8) is 0 Å². The van der Waals surface area contributed by atoms with Crippen molar-refractivity contribution >= 4 is 15.9 Å². The van der Waals surface area contributed by atoms with Gasteiger partial charge in [0, 0.05) is 10.9 Å². The third-order valence-electron chi connectivity index (χ3n) is 2.93. The van der Waals surface area contributed by atoms with Crippen molar-refractivity contribution in [1.82, 2.24) is 5.32 Å². The topological polar surface area (TPSA) is 21.3 Å². The van der Waals surface area contributed by atoms with Crippen molar-refractivity contribution in [2.24, 2.45) is 0 Å². The molecule has 104 valence electrons. The highest BCUT2D eigenvalue weighted by atomic mass is 79.9. The summed E-state index contributed by atoms with van der Waals surface area (Å²) in [5.41, 5.74) is -0.143.